The number of carbonyl (C=O) groups is 3. The quantitative estimate of drug-likeness (QED) is 0.672. The summed E-state index contributed by atoms with van der Waals surface area (Å²) in [6.45, 7) is 4.51. The van der Waals surface area contributed by atoms with Gasteiger partial charge in [0, 0.05) is 17.0 Å². The van der Waals surface area contributed by atoms with E-state index in [1.54, 1.807) is 36.4 Å². The summed E-state index contributed by atoms with van der Waals surface area (Å²) in [6, 6.07) is 10.0. The van der Waals surface area contributed by atoms with Gasteiger partial charge in [0.05, 0.1) is 22.9 Å². The Morgan fingerprint density at radius 2 is 1.93 bits per heavy atom. The van der Waals surface area contributed by atoms with Crippen LogP contribution in [0.1, 0.15) is 43.7 Å². The Labute approximate surface area is 164 Å². The van der Waals surface area contributed by atoms with Crippen molar-refractivity contribution in [2.75, 3.05) is 18.5 Å². The second kappa shape index (κ2) is 7.21. The third-order valence-electron chi connectivity index (χ3n) is 4.38. The number of ketones is 1. The first-order chi connectivity index (χ1) is 13.4. The number of benzene rings is 1. The van der Waals surface area contributed by atoms with Gasteiger partial charge in [-0.25, -0.2) is 5.06 Å². The van der Waals surface area contributed by atoms with Crippen LogP contribution in [0, 0.1) is 5.92 Å². The van der Waals surface area contributed by atoms with Gasteiger partial charge in [0.15, 0.2) is 11.5 Å². The van der Waals surface area contributed by atoms with Gasteiger partial charge in [0.25, 0.3) is 5.91 Å². The van der Waals surface area contributed by atoms with Crippen LogP contribution in [-0.2, 0) is 4.84 Å². The first kappa shape index (κ1) is 18.4. The van der Waals surface area contributed by atoms with E-state index in [0.29, 0.717) is 39.6 Å². The van der Waals surface area contributed by atoms with Crippen molar-refractivity contribution in [2.24, 2.45) is 5.92 Å². The highest BCUT2D eigenvalue weighted by Crippen LogP contribution is 2.26. The van der Waals surface area contributed by atoms with Crippen LogP contribution >= 0.6 is 11.3 Å². The zero-order chi connectivity index (χ0) is 19.8. The minimum absolute atomic E-state index is 0.0718. The number of rotatable bonds is 4. The van der Waals surface area contributed by atoms with Crippen LogP contribution in [0.3, 0.4) is 0 Å². The number of amides is 2. The average Bonchev–Trinajstić information content (AvgIpc) is 3.39. The van der Waals surface area contributed by atoms with Gasteiger partial charge in [-0.15, -0.1) is 11.3 Å². The largest absolute Gasteiger partial charge is 0.451 e. The number of furan rings is 1. The number of carbonyl (C=O) groups excluding carboxylic acids is 3. The molecule has 1 aromatic carbocycles. The fourth-order valence-corrected chi connectivity index (χ4v) is 3.74. The SMILES string of the molecule is CC(=O)c1ccc(C(=O)Nc2ccc3oc(C(=O)N4CC(C)CO4)cc3c2)s1. The molecule has 1 unspecified atom stereocenters. The molecule has 7 nitrogen and oxygen atoms in total. The molecule has 0 bridgehead atoms. The maximum Gasteiger partial charge on any atom is 0.313 e. The summed E-state index contributed by atoms with van der Waals surface area (Å²) in [4.78, 5) is 42.6. The Morgan fingerprint density at radius 1 is 1.14 bits per heavy atom. The summed E-state index contributed by atoms with van der Waals surface area (Å²) in [5.41, 5.74) is 1.12. The number of anilines is 1. The number of hydrogen-bond acceptors (Lipinski definition) is 6. The normalized spacial score (nSPS) is 16.5. The van der Waals surface area contributed by atoms with Gasteiger partial charge in [-0.1, -0.05) is 6.92 Å². The zero-order valence-electron chi connectivity index (χ0n) is 15.4. The van der Waals surface area contributed by atoms with Gasteiger partial charge in [-0.05, 0) is 43.3 Å². The predicted molar refractivity (Wildman–Crippen MR) is 105 cm³/mol. The minimum Gasteiger partial charge on any atom is -0.451 e. The van der Waals surface area contributed by atoms with E-state index < -0.39 is 0 Å². The summed E-state index contributed by atoms with van der Waals surface area (Å²) in [6.07, 6.45) is 0. The van der Waals surface area contributed by atoms with Crippen molar-refractivity contribution in [3.63, 3.8) is 0 Å². The standard InChI is InChI=1S/C20H18N2O5S/c1-11-9-22(26-10-11)20(25)16-8-13-7-14(3-4-15(13)27-16)21-19(24)18-6-5-17(28-18)12(2)23/h3-8,11H,9-10H2,1-2H3,(H,21,24). The zero-order valence-corrected chi connectivity index (χ0v) is 16.2. The molecule has 1 N–H and O–H groups in total. The summed E-state index contributed by atoms with van der Waals surface area (Å²) in [7, 11) is 0. The van der Waals surface area contributed by atoms with Gasteiger partial charge >= 0.3 is 5.91 Å². The molecule has 0 saturated carbocycles. The molecule has 2 amide bonds. The fraction of sp³-hybridized carbons (Fsp3) is 0.250. The van der Waals surface area contributed by atoms with E-state index in [1.165, 1.54) is 12.0 Å². The Bertz CT molecular complexity index is 1080. The van der Waals surface area contributed by atoms with E-state index in [-0.39, 0.29) is 29.3 Å². The third-order valence-corrected chi connectivity index (χ3v) is 5.57. The number of fused-ring (bicyclic) bond motifs is 1. The van der Waals surface area contributed by atoms with Crippen molar-refractivity contribution >= 4 is 45.6 Å². The number of thiophene rings is 1. The molecule has 1 saturated heterocycles. The smallest absolute Gasteiger partial charge is 0.313 e. The number of nitrogens with zero attached hydrogens (tertiary/aromatic N) is 1. The van der Waals surface area contributed by atoms with E-state index in [9.17, 15) is 14.4 Å². The van der Waals surface area contributed by atoms with Crippen molar-refractivity contribution in [1.82, 2.24) is 5.06 Å². The molecule has 1 fully saturated rings. The molecule has 8 heteroatoms. The highest BCUT2D eigenvalue weighted by Gasteiger charge is 2.28. The monoisotopic (exact) mass is 398 g/mol. The molecule has 3 aromatic rings. The fourth-order valence-electron chi connectivity index (χ4n) is 2.94. The van der Waals surface area contributed by atoms with Gasteiger partial charge in [-0.3, -0.25) is 19.2 Å². The number of nitrogens with one attached hydrogen (secondary N) is 1. The summed E-state index contributed by atoms with van der Waals surface area (Å²) in [5.74, 6) is -0.206. The first-order valence-electron chi connectivity index (χ1n) is 8.81. The molecule has 0 radical (unpaired) electrons. The average molecular weight is 398 g/mol. The van der Waals surface area contributed by atoms with Crippen LogP contribution in [0.4, 0.5) is 5.69 Å². The summed E-state index contributed by atoms with van der Waals surface area (Å²) < 4.78 is 5.63. The molecule has 1 aliphatic rings. The van der Waals surface area contributed by atoms with Crippen molar-refractivity contribution in [1.29, 1.82) is 0 Å². The highest BCUT2D eigenvalue weighted by molar-refractivity contribution is 7.16. The van der Waals surface area contributed by atoms with Crippen LogP contribution in [0.25, 0.3) is 11.0 Å². The van der Waals surface area contributed by atoms with Crippen LogP contribution in [0.5, 0.6) is 0 Å². The van der Waals surface area contributed by atoms with Crippen molar-refractivity contribution < 1.29 is 23.6 Å². The van der Waals surface area contributed by atoms with Crippen molar-refractivity contribution in [3.05, 3.63) is 51.9 Å². The Kier molecular flexibility index (Phi) is 4.74. The van der Waals surface area contributed by atoms with Crippen LogP contribution in [0.2, 0.25) is 0 Å². The molecule has 0 aliphatic carbocycles. The van der Waals surface area contributed by atoms with Crippen molar-refractivity contribution in [2.45, 2.75) is 13.8 Å². The summed E-state index contributed by atoms with van der Waals surface area (Å²) in [5, 5.41) is 4.81. The van der Waals surface area contributed by atoms with E-state index in [0.717, 1.165) is 11.3 Å². The molecule has 4 rings (SSSR count). The molecule has 1 aliphatic heterocycles. The maximum absolute atomic E-state index is 12.5. The lowest BCUT2D eigenvalue weighted by atomic mass is 10.2. The maximum atomic E-state index is 12.5. The van der Waals surface area contributed by atoms with Gasteiger partial charge in [0.2, 0.25) is 0 Å². The van der Waals surface area contributed by atoms with E-state index in [1.807, 2.05) is 6.92 Å². The van der Waals surface area contributed by atoms with Crippen LogP contribution in [-0.4, -0.2) is 35.8 Å². The second-order valence-electron chi connectivity index (χ2n) is 6.80. The summed E-state index contributed by atoms with van der Waals surface area (Å²) >= 11 is 1.15. The molecule has 3 heterocycles. The van der Waals surface area contributed by atoms with Crippen molar-refractivity contribution in [3.8, 4) is 0 Å². The number of hydroxylamine groups is 2. The first-order valence-corrected chi connectivity index (χ1v) is 9.63. The molecule has 28 heavy (non-hydrogen) atoms. The third kappa shape index (κ3) is 3.56. The molecular formula is C20H18N2O5S. The molecular weight excluding hydrogens is 380 g/mol. The topological polar surface area (TPSA) is 88.8 Å². The lowest BCUT2D eigenvalue weighted by molar-refractivity contribution is -0.0787. The highest BCUT2D eigenvalue weighted by atomic mass is 32.1. The predicted octanol–water partition coefficient (Wildman–Crippen LogP) is 3.97. The Hall–Kier alpha value is -2.97. The number of hydrogen-bond donors (Lipinski definition) is 1. The van der Waals surface area contributed by atoms with E-state index >= 15 is 0 Å². The minimum atomic E-state index is -0.318. The van der Waals surface area contributed by atoms with Crippen LogP contribution in [0.15, 0.2) is 40.8 Å². The van der Waals surface area contributed by atoms with Gasteiger partial charge in [-0.2, -0.15) is 0 Å². The van der Waals surface area contributed by atoms with Gasteiger partial charge in [0.1, 0.15) is 5.58 Å². The van der Waals surface area contributed by atoms with Crippen LogP contribution < -0.4 is 5.32 Å². The lowest BCUT2D eigenvalue weighted by Gasteiger charge is -2.11. The van der Waals surface area contributed by atoms with E-state index in [4.69, 9.17) is 9.25 Å². The Balaban J connectivity index is 1.52. The number of Topliss-reactive ketones (excluding diaryl/α,β-unsaturated/α-hetero) is 1. The molecule has 1 atom stereocenters. The molecule has 0 spiro atoms. The second-order valence-corrected chi connectivity index (χ2v) is 7.89. The van der Waals surface area contributed by atoms with E-state index in [2.05, 4.69) is 5.32 Å². The lowest BCUT2D eigenvalue weighted by Crippen LogP contribution is -2.26. The molecule has 2 aromatic heterocycles. The Morgan fingerprint density at radius 3 is 2.61 bits per heavy atom. The molecule has 144 valence electrons. The van der Waals surface area contributed by atoms with Gasteiger partial charge < -0.3 is 9.73 Å².